The minimum atomic E-state index is -5.03. The third-order valence-electron chi connectivity index (χ3n) is 8.58. The summed E-state index contributed by atoms with van der Waals surface area (Å²) in [4.78, 5) is 23.0. The number of carbonyl (C=O) groups is 1. The van der Waals surface area contributed by atoms with Crippen molar-refractivity contribution in [2.24, 2.45) is 0 Å². The predicted molar refractivity (Wildman–Crippen MR) is 211 cm³/mol. The molecule has 6 unspecified atom stereocenters. The van der Waals surface area contributed by atoms with Crippen LogP contribution in [0.1, 0.15) is 117 Å². The molecule has 0 aromatic heterocycles. The van der Waals surface area contributed by atoms with E-state index in [2.05, 4.69) is 74.6 Å². The van der Waals surface area contributed by atoms with E-state index in [-0.39, 0.29) is 13.0 Å². The standard InChI is InChI=1S/C41H69O12P/c1-3-5-7-9-11-13-15-16-17-18-19-21-23-25-27-29-31-50-32-34(52-35(42)30-28-26-24-22-20-14-12-10-8-6-4-2)33-51-54(48,49)53-41-39(46)37(44)36(43)38(45)40(41)47/h5,7,10-13,16-17,19,21,25,27,34,36-41,43-47H,3-4,6,8-9,14-15,18,20,22-24,26,28-33H2,1-2H3,(H,48,49)/b7-5-,12-10-,13-11-,17-16-,21-19-,27-25-. The van der Waals surface area contributed by atoms with Crippen molar-refractivity contribution in [3.05, 3.63) is 72.9 Å². The third-order valence-corrected chi connectivity index (χ3v) is 9.57. The molecule has 0 heterocycles. The summed E-state index contributed by atoms with van der Waals surface area (Å²) in [5, 5.41) is 50.0. The fourth-order valence-electron chi connectivity index (χ4n) is 5.40. The first-order valence-electron chi connectivity index (χ1n) is 19.8. The van der Waals surface area contributed by atoms with Crippen LogP contribution in [-0.4, -0.2) is 98.9 Å². The molecule has 1 fully saturated rings. The van der Waals surface area contributed by atoms with Crippen LogP contribution in [0, 0.1) is 0 Å². The maximum Gasteiger partial charge on any atom is 0.472 e. The van der Waals surface area contributed by atoms with Gasteiger partial charge in [-0.05, 0) is 64.2 Å². The summed E-state index contributed by atoms with van der Waals surface area (Å²) in [6.07, 6.45) is 27.2. The highest BCUT2D eigenvalue weighted by atomic mass is 31.2. The molecule has 0 aliphatic heterocycles. The quantitative estimate of drug-likeness (QED) is 0.0186. The third kappa shape index (κ3) is 24.3. The van der Waals surface area contributed by atoms with Crippen molar-refractivity contribution >= 4 is 13.8 Å². The van der Waals surface area contributed by atoms with Crippen LogP contribution in [0.5, 0.6) is 0 Å². The zero-order valence-corrected chi connectivity index (χ0v) is 33.4. The van der Waals surface area contributed by atoms with Crippen molar-refractivity contribution in [3.8, 4) is 0 Å². The summed E-state index contributed by atoms with van der Waals surface area (Å²) < 4.78 is 33.9. The summed E-state index contributed by atoms with van der Waals surface area (Å²) >= 11 is 0. The Morgan fingerprint density at radius 3 is 1.67 bits per heavy atom. The van der Waals surface area contributed by atoms with Gasteiger partial charge < -0.3 is 39.9 Å². The number of aliphatic hydroxyl groups excluding tert-OH is 5. The first-order valence-corrected chi connectivity index (χ1v) is 21.3. The number of aliphatic hydroxyl groups is 5. The van der Waals surface area contributed by atoms with Crippen molar-refractivity contribution in [1.82, 2.24) is 0 Å². The first kappa shape index (κ1) is 49.8. The maximum absolute atomic E-state index is 12.7. The number of unbranched alkanes of at least 4 members (excludes halogenated alkanes) is 7. The fraction of sp³-hybridized carbons (Fsp3) is 0.683. The lowest BCUT2D eigenvalue weighted by Crippen LogP contribution is -2.64. The van der Waals surface area contributed by atoms with Gasteiger partial charge >= 0.3 is 13.8 Å². The average molecular weight is 785 g/mol. The van der Waals surface area contributed by atoms with Crippen molar-refractivity contribution in [1.29, 1.82) is 0 Å². The van der Waals surface area contributed by atoms with Gasteiger partial charge in [-0.3, -0.25) is 13.8 Å². The van der Waals surface area contributed by atoms with Crippen molar-refractivity contribution < 1.29 is 58.3 Å². The molecule has 1 saturated carbocycles. The molecule has 310 valence electrons. The molecule has 0 aromatic carbocycles. The number of phosphoric ester groups is 1. The molecule has 0 radical (unpaired) electrons. The molecular weight excluding hydrogens is 715 g/mol. The summed E-state index contributed by atoms with van der Waals surface area (Å²) in [6.45, 7) is 3.84. The van der Waals surface area contributed by atoms with E-state index in [1.54, 1.807) is 0 Å². The van der Waals surface area contributed by atoms with Crippen LogP contribution in [-0.2, 0) is 27.9 Å². The number of allylic oxidation sites excluding steroid dienone is 11. The lowest BCUT2D eigenvalue weighted by atomic mass is 9.85. The van der Waals surface area contributed by atoms with Crippen LogP contribution in [0.3, 0.4) is 0 Å². The SMILES string of the molecule is CC/C=C\C/C=C\C/C=C\C/C=C\C/C=C\CCOCC(COP(=O)(O)OC1C(O)C(O)C(O)C(O)C1O)OC(=O)CCCCCCC/C=C\CCCC. The van der Waals surface area contributed by atoms with Gasteiger partial charge in [0.2, 0.25) is 0 Å². The topological polar surface area (TPSA) is 192 Å². The Hall–Kier alpha value is -2.22. The molecular formula is C41H69O12P. The van der Waals surface area contributed by atoms with Gasteiger partial charge in [0.05, 0.1) is 19.8 Å². The van der Waals surface area contributed by atoms with E-state index in [0.29, 0.717) is 19.4 Å². The van der Waals surface area contributed by atoms with Crippen LogP contribution >= 0.6 is 7.82 Å². The number of esters is 1. The largest absolute Gasteiger partial charge is 0.472 e. The highest BCUT2D eigenvalue weighted by Gasteiger charge is 2.51. The lowest BCUT2D eigenvalue weighted by molar-refractivity contribution is -0.220. The normalized spacial score (nSPS) is 24.2. The molecule has 0 amide bonds. The fourth-order valence-corrected chi connectivity index (χ4v) is 6.37. The number of ether oxygens (including phenoxy) is 2. The summed E-state index contributed by atoms with van der Waals surface area (Å²) in [5.74, 6) is -0.518. The Morgan fingerprint density at radius 1 is 0.611 bits per heavy atom. The van der Waals surface area contributed by atoms with Gasteiger partial charge in [0, 0.05) is 6.42 Å². The second-order valence-corrected chi connectivity index (χ2v) is 14.8. The maximum atomic E-state index is 12.7. The molecule has 1 aliphatic carbocycles. The number of hydrogen-bond donors (Lipinski definition) is 6. The zero-order chi connectivity index (χ0) is 39.9. The Kier molecular flexibility index (Phi) is 29.4. The highest BCUT2D eigenvalue weighted by molar-refractivity contribution is 7.47. The van der Waals surface area contributed by atoms with E-state index in [0.717, 1.165) is 70.6 Å². The van der Waals surface area contributed by atoms with Crippen LogP contribution in [0.25, 0.3) is 0 Å². The van der Waals surface area contributed by atoms with Crippen LogP contribution in [0.4, 0.5) is 0 Å². The van der Waals surface area contributed by atoms with E-state index in [1.807, 2.05) is 12.2 Å². The monoisotopic (exact) mass is 784 g/mol. The van der Waals surface area contributed by atoms with Crippen molar-refractivity contribution in [2.75, 3.05) is 19.8 Å². The Balaban J connectivity index is 2.54. The van der Waals surface area contributed by atoms with E-state index < -0.39 is 63.1 Å². The van der Waals surface area contributed by atoms with E-state index in [1.165, 1.54) is 12.8 Å². The minimum absolute atomic E-state index is 0.138. The second kappa shape index (κ2) is 31.9. The number of carbonyl (C=O) groups excluding carboxylic acids is 1. The highest BCUT2D eigenvalue weighted by Crippen LogP contribution is 2.47. The average Bonchev–Trinajstić information content (AvgIpc) is 3.15. The number of hydrogen-bond acceptors (Lipinski definition) is 11. The Bertz CT molecular complexity index is 1170. The molecule has 12 nitrogen and oxygen atoms in total. The summed E-state index contributed by atoms with van der Waals surface area (Å²) in [7, 11) is -5.03. The van der Waals surface area contributed by atoms with E-state index in [9.17, 15) is 39.8 Å². The second-order valence-electron chi connectivity index (χ2n) is 13.4. The predicted octanol–water partition coefficient (Wildman–Crippen LogP) is 6.85. The van der Waals surface area contributed by atoms with Crippen LogP contribution < -0.4 is 0 Å². The smallest absolute Gasteiger partial charge is 0.457 e. The van der Waals surface area contributed by atoms with E-state index >= 15 is 0 Å². The minimum Gasteiger partial charge on any atom is -0.457 e. The molecule has 0 bridgehead atoms. The number of rotatable bonds is 31. The molecule has 0 saturated heterocycles. The van der Waals surface area contributed by atoms with Gasteiger partial charge in [-0.2, -0.15) is 0 Å². The summed E-state index contributed by atoms with van der Waals surface area (Å²) in [6, 6.07) is 0. The van der Waals surface area contributed by atoms with Gasteiger partial charge in [0.15, 0.2) is 0 Å². The van der Waals surface area contributed by atoms with Gasteiger partial charge in [0.25, 0.3) is 0 Å². The Labute approximate surface area is 323 Å². The summed E-state index contributed by atoms with van der Waals surface area (Å²) in [5.41, 5.74) is 0. The Morgan fingerprint density at radius 2 is 1.09 bits per heavy atom. The zero-order valence-electron chi connectivity index (χ0n) is 32.5. The molecule has 1 aliphatic rings. The molecule has 13 heteroatoms. The van der Waals surface area contributed by atoms with E-state index in [4.69, 9.17) is 18.5 Å². The molecule has 54 heavy (non-hydrogen) atoms. The van der Waals surface area contributed by atoms with Gasteiger partial charge in [-0.1, -0.05) is 119 Å². The molecule has 1 rings (SSSR count). The van der Waals surface area contributed by atoms with Crippen LogP contribution in [0.2, 0.25) is 0 Å². The molecule has 0 spiro atoms. The lowest BCUT2D eigenvalue weighted by Gasteiger charge is -2.41. The van der Waals surface area contributed by atoms with Crippen molar-refractivity contribution in [2.45, 2.75) is 159 Å². The molecule has 0 aromatic rings. The van der Waals surface area contributed by atoms with Gasteiger partial charge in [0.1, 0.15) is 42.7 Å². The van der Waals surface area contributed by atoms with Crippen LogP contribution in [0.15, 0.2) is 72.9 Å². The van der Waals surface area contributed by atoms with Crippen molar-refractivity contribution in [3.63, 3.8) is 0 Å². The molecule has 6 atom stereocenters. The van der Waals surface area contributed by atoms with Gasteiger partial charge in [-0.15, -0.1) is 0 Å². The van der Waals surface area contributed by atoms with Gasteiger partial charge in [-0.25, -0.2) is 4.57 Å². The first-order chi connectivity index (χ1) is 26.0. The number of phosphoric acid groups is 1. The molecule has 6 N–H and O–H groups in total.